The number of nitrogens with zero attached hydrogens (tertiary/aromatic N) is 1. The van der Waals surface area contributed by atoms with Crippen molar-refractivity contribution in [2.45, 2.75) is 26.7 Å². The second-order valence-electron chi connectivity index (χ2n) is 3.15. The van der Waals surface area contributed by atoms with Gasteiger partial charge in [0.2, 0.25) is 5.91 Å². The molecule has 78 valence electrons. The summed E-state index contributed by atoms with van der Waals surface area (Å²) >= 11 is 0. The summed E-state index contributed by atoms with van der Waals surface area (Å²) in [6, 6.07) is 0. The topological polar surface area (TPSA) is 58.4 Å². The number of carbonyl (C=O) groups is 1. The molecule has 0 aliphatic carbocycles. The zero-order valence-corrected chi connectivity index (χ0v) is 8.71. The van der Waals surface area contributed by atoms with Gasteiger partial charge in [0.1, 0.15) is 0 Å². The Kier molecular flexibility index (Phi) is 3.71. The first-order chi connectivity index (χ1) is 6.69. The van der Waals surface area contributed by atoms with Crippen LogP contribution in [0.3, 0.4) is 0 Å². The predicted octanol–water partition coefficient (Wildman–Crippen LogP) is 0.880. The summed E-state index contributed by atoms with van der Waals surface area (Å²) in [6.07, 6.45) is 5.17. The molecule has 1 amide bonds. The summed E-state index contributed by atoms with van der Waals surface area (Å²) in [7, 11) is 0. The molecule has 0 aromatic rings. The van der Waals surface area contributed by atoms with Crippen LogP contribution in [0.25, 0.3) is 0 Å². The van der Waals surface area contributed by atoms with Crippen molar-refractivity contribution in [1.82, 2.24) is 10.3 Å². The van der Waals surface area contributed by atoms with Crippen molar-refractivity contribution < 1.29 is 4.79 Å². The number of hydrogen-bond donors (Lipinski definition) is 2. The highest BCUT2D eigenvalue weighted by molar-refractivity contribution is 5.77. The molecule has 0 saturated heterocycles. The van der Waals surface area contributed by atoms with Gasteiger partial charge in [0.15, 0.2) is 0 Å². The van der Waals surface area contributed by atoms with E-state index in [9.17, 15) is 4.79 Å². The Balaban J connectivity index is 2.73. The molecule has 0 spiro atoms. The van der Waals surface area contributed by atoms with Crippen LogP contribution in [0.2, 0.25) is 0 Å². The number of amides is 1. The van der Waals surface area contributed by atoms with Gasteiger partial charge in [-0.3, -0.25) is 4.79 Å². The summed E-state index contributed by atoms with van der Waals surface area (Å²) < 4.78 is 0. The van der Waals surface area contributed by atoms with Gasteiger partial charge in [-0.05, 0) is 18.6 Å². The number of nitrogens with one attached hydrogen (secondary N) is 1. The lowest BCUT2D eigenvalue weighted by Crippen LogP contribution is -2.37. The lowest BCUT2D eigenvalue weighted by molar-refractivity contribution is -0.129. The van der Waals surface area contributed by atoms with E-state index in [0.29, 0.717) is 6.42 Å². The Labute approximate surface area is 84.4 Å². The third-order valence-electron chi connectivity index (χ3n) is 2.19. The average Bonchev–Trinajstić information content (AvgIpc) is 2.27. The van der Waals surface area contributed by atoms with Gasteiger partial charge in [-0.1, -0.05) is 13.8 Å². The predicted molar refractivity (Wildman–Crippen MR) is 55.8 cm³/mol. The van der Waals surface area contributed by atoms with E-state index in [1.165, 1.54) is 5.01 Å². The molecule has 3 N–H and O–H groups in total. The Bertz CT molecular complexity index is 281. The summed E-state index contributed by atoms with van der Waals surface area (Å²) in [5.74, 6) is 5.60. The number of allylic oxidation sites excluding steroid dienone is 2. The number of rotatable bonds is 3. The third kappa shape index (κ3) is 2.35. The number of hydrogen-bond acceptors (Lipinski definition) is 3. The lowest BCUT2D eigenvalue weighted by Gasteiger charge is -2.22. The first kappa shape index (κ1) is 10.8. The molecule has 1 aliphatic rings. The molecule has 1 heterocycles. The van der Waals surface area contributed by atoms with Crippen molar-refractivity contribution in [2.75, 3.05) is 6.54 Å². The molecule has 0 fully saturated rings. The summed E-state index contributed by atoms with van der Waals surface area (Å²) in [5, 5.41) is 4.42. The van der Waals surface area contributed by atoms with Gasteiger partial charge in [0.05, 0.1) is 5.70 Å². The standard InChI is InChI=1S/C10H17N3O/c1-3-8-7-9(5-6-12-8)13(11)10(14)4-2/h5,7,12H,3-4,6,11H2,1-2H3. The van der Waals surface area contributed by atoms with Gasteiger partial charge < -0.3 is 5.32 Å². The van der Waals surface area contributed by atoms with Crippen molar-refractivity contribution >= 4 is 5.91 Å². The van der Waals surface area contributed by atoms with Crippen LogP contribution in [0.5, 0.6) is 0 Å². The Morgan fingerprint density at radius 3 is 2.93 bits per heavy atom. The van der Waals surface area contributed by atoms with E-state index in [4.69, 9.17) is 5.84 Å². The summed E-state index contributed by atoms with van der Waals surface area (Å²) in [6.45, 7) is 4.60. The van der Waals surface area contributed by atoms with Crippen LogP contribution in [-0.2, 0) is 4.79 Å². The molecule has 14 heavy (non-hydrogen) atoms. The van der Waals surface area contributed by atoms with E-state index in [1.54, 1.807) is 6.92 Å². The number of nitrogens with two attached hydrogens (primary N) is 1. The molecule has 4 nitrogen and oxygen atoms in total. The normalized spacial score (nSPS) is 15.4. The highest BCUT2D eigenvalue weighted by Crippen LogP contribution is 2.11. The molecular weight excluding hydrogens is 178 g/mol. The largest absolute Gasteiger partial charge is 0.385 e. The van der Waals surface area contributed by atoms with Crippen LogP contribution in [0.1, 0.15) is 26.7 Å². The van der Waals surface area contributed by atoms with Gasteiger partial charge in [-0.2, -0.15) is 0 Å². The second-order valence-corrected chi connectivity index (χ2v) is 3.15. The highest BCUT2D eigenvalue weighted by Gasteiger charge is 2.12. The van der Waals surface area contributed by atoms with Gasteiger partial charge >= 0.3 is 0 Å². The van der Waals surface area contributed by atoms with E-state index < -0.39 is 0 Å². The minimum Gasteiger partial charge on any atom is -0.385 e. The van der Waals surface area contributed by atoms with E-state index in [1.807, 2.05) is 12.2 Å². The van der Waals surface area contributed by atoms with Crippen molar-refractivity contribution in [2.24, 2.45) is 5.84 Å². The molecule has 4 heteroatoms. The molecule has 0 aromatic heterocycles. The zero-order valence-electron chi connectivity index (χ0n) is 8.71. The van der Waals surface area contributed by atoms with Crippen LogP contribution in [0, 0.1) is 0 Å². The van der Waals surface area contributed by atoms with Crippen molar-refractivity contribution in [3.05, 3.63) is 23.5 Å². The summed E-state index contributed by atoms with van der Waals surface area (Å²) in [4.78, 5) is 11.3. The zero-order chi connectivity index (χ0) is 10.6. The fourth-order valence-electron chi connectivity index (χ4n) is 1.28. The van der Waals surface area contributed by atoms with E-state index in [-0.39, 0.29) is 5.91 Å². The average molecular weight is 195 g/mol. The number of dihydropyridines is 1. The van der Waals surface area contributed by atoms with E-state index >= 15 is 0 Å². The minimum absolute atomic E-state index is 0.0650. The SMILES string of the molecule is CCC(=O)N(N)C1=CCNC(CC)=C1. The van der Waals surface area contributed by atoms with Gasteiger partial charge in [-0.15, -0.1) is 0 Å². The fourth-order valence-corrected chi connectivity index (χ4v) is 1.28. The first-order valence-electron chi connectivity index (χ1n) is 4.91. The minimum atomic E-state index is -0.0650. The molecule has 0 radical (unpaired) electrons. The van der Waals surface area contributed by atoms with E-state index in [2.05, 4.69) is 12.2 Å². The van der Waals surface area contributed by atoms with Crippen LogP contribution < -0.4 is 11.2 Å². The van der Waals surface area contributed by atoms with Crippen LogP contribution >= 0.6 is 0 Å². The molecular formula is C10H17N3O. The molecule has 0 bridgehead atoms. The van der Waals surface area contributed by atoms with Crippen molar-refractivity contribution in [3.8, 4) is 0 Å². The van der Waals surface area contributed by atoms with Crippen LogP contribution in [-0.4, -0.2) is 17.5 Å². The molecule has 1 rings (SSSR count). The molecule has 0 saturated carbocycles. The lowest BCUT2D eigenvalue weighted by atomic mass is 10.2. The number of carbonyl (C=O) groups excluding carboxylic acids is 1. The quantitative estimate of drug-likeness (QED) is 0.399. The third-order valence-corrected chi connectivity index (χ3v) is 2.19. The second kappa shape index (κ2) is 4.81. The molecule has 1 aliphatic heterocycles. The molecule has 0 unspecified atom stereocenters. The Morgan fingerprint density at radius 1 is 1.64 bits per heavy atom. The smallest absolute Gasteiger partial charge is 0.240 e. The van der Waals surface area contributed by atoms with Crippen LogP contribution in [0.4, 0.5) is 0 Å². The monoisotopic (exact) mass is 195 g/mol. The Hall–Kier alpha value is -1.29. The van der Waals surface area contributed by atoms with Crippen molar-refractivity contribution in [3.63, 3.8) is 0 Å². The highest BCUT2D eigenvalue weighted by atomic mass is 16.2. The molecule has 0 atom stereocenters. The van der Waals surface area contributed by atoms with Crippen LogP contribution in [0.15, 0.2) is 23.5 Å². The van der Waals surface area contributed by atoms with Gasteiger partial charge in [0, 0.05) is 18.7 Å². The molecule has 0 aromatic carbocycles. The maximum absolute atomic E-state index is 11.3. The maximum atomic E-state index is 11.3. The summed E-state index contributed by atoms with van der Waals surface area (Å²) in [5.41, 5.74) is 1.90. The van der Waals surface area contributed by atoms with Gasteiger partial charge in [0.25, 0.3) is 0 Å². The number of hydrazine groups is 1. The fraction of sp³-hybridized carbons (Fsp3) is 0.500. The van der Waals surface area contributed by atoms with E-state index in [0.717, 1.165) is 24.4 Å². The van der Waals surface area contributed by atoms with Gasteiger partial charge in [-0.25, -0.2) is 10.9 Å². The first-order valence-corrected chi connectivity index (χ1v) is 4.91. The van der Waals surface area contributed by atoms with Crippen molar-refractivity contribution in [1.29, 1.82) is 0 Å². The maximum Gasteiger partial charge on any atom is 0.240 e. The Morgan fingerprint density at radius 2 is 2.36 bits per heavy atom.